The third-order valence-electron chi connectivity index (χ3n) is 2.42. The summed E-state index contributed by atoms with van der Waals surface area (Å²) in [4.78, 5) is 20.1. The molecule has 0 unspecified atom stereocenters. The molecule has 0 bridgehead atoms. The summed E-state index contributed by atoms with van der Waals surface area (Å²) < 4.78 is 1.54. The normalized spacial score (nSPS) is 10.4. The van der Waals surface area contributed by atoms with E-state index in [4.69, 9.17) is 0 Å². The van der Waals surface area contributed by atoms with Gasteiger partial charge in [0.1, 0.15) is 0 Å². The van der Waals surface area contributed by atoms with Crippen LogP contribution in [0.15, 0.2) is 53.5 Å². The van der Waals surface area contributed by atoms with Crippen molar-refractivity contribution in [2.45, 2.75) is 0 Å². The Morgan fingerprint density at radius 3 is 2.72 bits per heavy atom. The van der Waals surface area contributed by atoms with Gasteiger partial charge in [0.2, 0.25) is 0 Å². The third-order valence-corrected chi connectivity index (χ3v) is 4.32. The van der Waals surface area contributed by atoms with Crippen LogP contribution in [0, 0.1) is 0 Å². The Bertz CT molecular complexity index is 740. The minimum absolute atomic E-state index is 0.0552. The Balaban J connectivity index is 2.06. The van der Waals surface area contributed by atoms with Gasteiger partial charge >= 0.3 is 109 Å². The van der Waals surface area contributed by atoms with E-state index in [1.807, 2.05) is 30.3 Å². The van der Waals surface area contributed by atoms with Crippen molar-refractivity contribution in [3.63, 3.8) is 0 Å². The summed E-state index contributed by atoms with van der Waals surface area (Å²) in [6.45, 7) is 0. The van der Waals surface area contributed by atoms with Crippen molar-refractivity contribution in [2.75, 3.05) is 5.32 Å². The molecule has 0 aliphatic heterocycles. The van der Waals surface area contributed by atoms with Crippen LogP contribution in [-0.2, 0) is 0 Å². The van der Waals surface area contributed by atoms with Crippen molar-refractivity contribution in [1.82, 2.24) is 9.97 Å². The molecular weight excluding hydrogens is 293 g/mol. The summed E-state index contributed by atoms with van der Waals surface area (Å²) in [5.41, 5.74) is 0.718. The number of para-hydroxylation sites is 1. The second-order valence-electron chi connectivity index (χ2n) is 3.67. The second kappa shape index (κ2) is 4.72. The van der Waals surface area contributed by atoms with Gasteiger partial charge < -0.3 is 0 Å². The van der Waals surface area contributed by atoms with Gasteiger partial charge in [-0.15, -0.1) is 0 Å². The standard InChI is InChI=1S/C13H9N3OSe/c17-11-10-7-4-8-14-12(10)18-13(16-11)15-9-5-2-1-3-6-9/h1-8H,(H,15,16,17). The van der Waals surface area contributed by atoms with E-state index in [2.05, 4.69) is 15.3 Å². The first kappa shape index (κ1) is 11.1. The predicted molar refractivity (Wildman–Crippen MR) is 72.5 cm³/mol. The number of hydrogen-bond acceptors (Lipinski definition) is 4. The van der Waals surface area contributed by atoms with E-state index in [1.54, 1.807) is 18.3 Å². The van der Waals surface area contributed by atoms with Crippen LogP contribution in [0.3, 0.4) is 0 Å². The molecule has 0 radical (unpaired) electrons. The first-order valence-electron chi connectivity index (χ1n) is 5.41. The van der Waals surface area contributed by atoms with E-state index < -0.39 is 0 Å². The Hall–Kier alpha value is -1.97. The van der Waals surface area contributed by atoms with Gasteiger partial charge in [-0.3, -0.25) is 0 Å². The molecule has 0 aliphatic carbocycles. The number of pyridine rings is 1. The maximum absolute atomic E-state index is 11.8. The molecule has 0 spiro atoms. The Morgan fingerprint density at radius 2 is 1.89 bits per heavy atom. The van der Waals surface area contributed by atoms with Gasteiger partial charge in [0.15, 0.2) is 0 Å². The summed E-state index contributed by atoms with van der Waals surface area (Å²) in [5, 5.41) is 3.79. The van der Waals surface area contributed by atoms with E-state index in [0.29, 0.717) is 10.1 Å². The molecule has 5 heteroatoms. The maximum atomic E-state index is 11.8. The summed E-state index contributed by atoms with van der Waals surface area (Å²) in [6, 6.07) is 13.2. The van der Waals surface area contributed by atoms with Crippen LogP contribution in [0.25, 0.3) is 9.78 Å². The monoisotopic (exact) mass is 303 g/mol. The molecule has 0 saturated carbocycles. The quantitative estimate of drug-likeness (QED) is 0.733. The third kappa shape index (κ3) is 2.18. The van der Waals surface area contributed by atoms with Gasteiger partial charge in [0.25, 0.3) is 0 Å². The van der Waals surface area contributed by atoms with Crippen LogP contribution in [0.5, 0.6) is 0 Å². The van der Waals surface area contributed by atoms with Gasteiger partial charge in [-0.1, -0.05) is 0 Å². The zero-order chi connectivity index (χ0) is 12.4. The number of aromatic nitrogens is 2. The summed E-state index contributed by atoms with van der Waals surface area (Å²) >= 11 is -0.0552. The topological polar surface area (TPSA) is 54.9 Å². The first-order valence-corrected chi connectivity index (χ1v) is 7.12. The number of nitrogens with zero attached hydrogens (tertiary/aromatic N) is 2. The SMILES string of the molecule is O=c1nc(Nc2ccccc2)[se]c2ncccc12. The molecule has 2 aromatic heterocycles. The molecule has 2 heterocycles. The summed E-state index contributed by atoms with van der Waals surface area (Å²) in [5.74, 6) is 0. The van der Waals surface area contributed by atoms with E-state index in [9.17, 15) is 4.79 Å². The fraction of sp³-hybridized carbons (Fsp3) is 0. The van der Waals surface area contributed by atoms with E-state index in [-0.39, 0.29) is 20.1 Å². The fourth-order valence-corrected chi connectivity index (χ4v) is 3.40. The molecule has 4 nitrogen and oxygen atoms in total. The zero-order valence-electron chi connectivity index (χ0n) is 9.33. The molecule has 3 rings (SSSR count). The van der Waals surface area contributed by atoms with Crippen molar-refractivity contribution in [2.24, 2.45) is 0 Å². The van der Waals surface area contributed by atoms with Crippen LogP contribution in [0.4, 0.5) is 10.4 Å². The molecule has 3 aromatic rings. The Morgan fingerprint density at radius 1 is 1.06 bits per heavy atom. The average Bonchev–Trinajstić information content (AvgIpc) is 2.40. The molecule has 0 fully saturated rings. The van der Waals surface area contributed by atoms with Crippen molar-refractivity contribution < 1.29 is 0 Å². The number of rotatable bonds is 2. The van der Waals surface area contributed by atoms with Crippen molar-refractivity contribution >= 4 is 34.7 Å². The second-order valence-corrected chi connectivity index (χ2v) is 5.72. The van der Waals surface area contributed by atoms with Crippen molar-refractivity contribution in [3.05, 3.63) is 59.0 Å². The molecule has 0 atom stereocenters. The molecule has 0 aliphatic rings. The summed E-state index contributed by atoms with van der Waals surface area (Å²) in [6.07, 6.45) is 1.71. The number of anilines is 2. The van der Waals surface area contributed by atoms with Gasteiger partial charge in [-0.25, -0.2) is 0 Å². The Labute approximate surface area is 109 Å². The van der Waals surface area contributed by atoms with Gasteiger partial charge in [-0.05, 0) is 0 Å². The summed E-state index contributed by atoms with van der Waals surface area (Å²) in [7, 11) is 0. The zero-order valence-corrected chi connectivity index (χ0v) is 11.0. The molecule has 1 aromatic carbocycles. The number of hydrogen-bond donors (Lipinski definition) is 1. The number of nitrogens with one attached hydrogen (secondary N) is 1. The van der Waals surface area contributed by atoms with Crippen LogP contribution < -0.4 is 10.9 Å². The molecular formula is C13H9N3OSe. The predicted octanol–water partition coefficient (Wildman–Crippen LogP) is 1.79. The molecule has 0 saturated heterocycles. The molecule has 1 N–H and O–H groups in total. The van der Waals surface area contributed by atoms with Gasteiger partial charge in [0, 0.05) is 0 Å². The van der Waals surface area contributed by atoms with Crippen molar-refractivity contribution in [3.8, 4) is 0 Å². The minimum atomic E-state index is -0.218. The molecule has 18 heavy (non-hydrogen) atoms. The van der Waals surface area contributed by atoms with E-state index in [1.165, 1.54) is 0 Å². The van der Waals surface area contributed by atoms with Crippen LogP contribution in [0.2, 0.25) is 0 Å². The Kier molecular flexibility index (Phi) is 2.92. The van der Waals surface area contributed by atoms with Gasteiger partial charge in [0.05, 0.1) is 0 Å². The van der Waals surface area contributed by atoms with Crippen LogP contribution in [0.1, 0.15) is 0 Å². The van der Waals surface area contributed by atoms with Crippen molar-refractivity contribution in [1.29, 1.82) is 0 Å². The number of fused-ring (bicyclic) bond motifs is 1. The number of benzene rings is 1. The average molecular weight is 302 g/mol. The van der Waals surface area contributed by atoms with E-state index in [0.717, 1.165) is 10.1 Å². The first-order chi connectivity index (χ1) is 8.83. The van der Waals surface area contributed by atoms with Crippen LogP contribution >= 0.6 is 0 Å². The van der Waals surface area contributed by atoms with Gasteiger partial charge in [-0.2, -0.15) is 0 Å². The molecule has 88 valence electrons. The fourth-order valence-electron chi connectivity index (χ4n) is 1.60. The van der Waals surface area contributed by atoms with Crippen LogP contribution in [-0.4, -0.2) is 24.5 Å². The molecule has 0 amide bonds. The van der Waals surface area contributed by atoms with E-state index >= 15 is 0 Å².